The van der Waals surface area contributed by atoms with Crippen molar-refractivity contribution in [3.05, 3.63) is 72.8 Å². The Labute approximate surface area is 139 Å². The first-order valence-corrected chi connectivity index (χ1v) is 7.87. The van der Waals surface area contributed by atoms with Crippen LogP contribution < -0.4 is 5.32 Å². The molecule has 3 aromatic heterocycles. The van der Waals surface area contributed by atoms with Gasteiger partial charge in [-0.05, 0) is 30.7 Å². The molecule has 0 radical (unpaired) electrons. The average Bonchev–Trinajstić information content (AvgIpc) is 3.08. The number of nitrogens with zero attached hydrogens (tertiary/aromatic N) is 3. The van der Waals surface area contributed by atoms with Crippen molar-refractivity contribution in [3.8, 4) is 11.3 Å². The molecule has 2 N–H and O–H groups in total. The molecule has 0 bridgehead atoms. The van der Waals surface area contributed by atoms with Gasteiger partial charge >= 0.3 is 0 Å². The van der Waals surface area contributed by atoms with Crippen molar-refractivity contribution in [1.29, 1.82) is 0 Å². The molecule has 24 heavy (non-hydrogen) atoms. The first kappa shape index (κ1) is 14.4. The van der Waals surface area contributed by atoms with Crippen molar-refractivity contribution in [2.24, 2.45) is 0 Å². The molecule has 0 aliphatic rings. The maximum Gasteiger partial charge on any atom is 0.143 e. The van der Waals surface area contributed by atoms with Gasteiger partial charge in [0.15, 0.2) is 0 Å². The highest BCUT2D eigenvalue weighted by Gasteiger charge is 2.12. The molecule has 4 aromatic rings. The van der Waals surface area contributed by atoms with Crippen LogP contribution in [-0.4, -0.2) is 19.9 Å². The summed E-state index contributed by atoms with van der Waals surface area (Å²) in [5.41, 5.74) is 4.11. The van der Waals surface area contributed by atoms with E-state index in [1.807, 2.05) is 30.3 Å². The van der Waals surface area contributed by atoms with E-state index in [0.29, 0.717) is 0 Å². The molecule has 5 nitrogen and oxygen atoms in total. The second-order valence-corrected chi connectivity index (χ2v) is 5.68. The topological polar surface area (TPSA) is 66.5 Å². The zero-order chi connectivity index (χ0) is 16.4. The van der Waals surface area contributed by atoms with Gasteiger partial charge in [-0.3, -0.25) is 4.98 Å². The van der Waals surface area contributed by atoms with E-state index in [0.717, 1.165) is 28.1 Å². The maximum atomic E-state index is 4.42. The van der Waals surface area contributed by atoms with E-state index >= 15 is 0 Å². The summed E-state index contributed by atoms with van der Waals surface area (Å²) in [5.74, 6) is 0.827. The number of fused-ring (bicyclic) bond motifs is 1. The van der Waals surface area contributed by atoms with Gasteiger partial charge in [-0.15, -0.1) is 0 Å². The van der Waals surface area contributed by atoms with Crippen molar-refractivity contribution in [2.45, 2.75) is 13.0 Å². The summed E-state index contributed by atoms with van der Waals surface area (Å²) >= 11 is 0. The van der Waals surface area contributed by atoms with Crippen LogP contribution >= 0.6 is 0 Å². The number of rotatable bonds is 4. The zero-order valence-corrected chi connectivity index (χ0v) is 13.3. The molecule has 0 saturated carbocycles. The number of nitrogens with one attached hydrogen (secondary N) is 2. The number of aromatic nitrogens is 4. The SMILES string of the molecule is C[C@@H](Nc1ncnc2[nH]c(-c3ccncc3)cc12)c1ccccc1. The van der Waals surface area contributed by atoms with Crippen LogP contribution in [0.4, 0.5) is 5.82 Å². The molecule has 0 amide bonds. The molecule has 0 fully saturated rings. The summed E-state index contributed by atoms with van der Waals surface area (Å²) in [6.45, 7) is 2.12. The Morgan fingerprint density at radius 1 is 1.00 bits per heavy atom. The first-order chi connectivity index (χ1) is 11.8. The van der Waals surface area contributed by atoms with Crippen molar-refractivity contribution in [1.82, 2.24) is 19.9 Å². The monoisotopic (exact) mass is 315 g/mol. The minimum absolute atomic E-state index is 0.156. The minimum Gasteiger partial charge on any atom is -0.363 e. The summed E-state index contributed by atoms with van der Waals surface area (Å²) < 4.78 is 0. The Bertz CT molecular complexity index is 947. The summed E-state index contributed by atoms with van der Waals surface area (Å²) in [6.07, 6.45) is 5.14. The third-order valence-corrected chi connectivity index (χ3v) is 4.07. The van der Waals surface area contributed by atoms with Gasteiger partial charge in [-0.1, -0.05) is 30.3 Å². The number of hydrogen-bond acceptors (Lipinski definition) is 4. The minimum atomic E-state index is 0.156. The van der Waals surface area contributed by atoms with Crippen LogP contribution in [0.25, 0.3) is 22.3 Å². The fraction of sp³-hybridized carbons (Fsp3) is 0.105. The first-order valence-electron chi connectivity index (χ1n) is 7.87. The molecule has 1 aromatic carbocycles. The highest BCUT2D eigenvalue weighted by Crippen LogP contribution is 2.28. The molecule has 0 saturated heterocycles. The van der Waals surface area contributed by atoms with Crippen LogP contribution in [0.2, 0.25) is 0 Å². The number of hydrogen-bond donors (Lipinski definition) is 2. The zero-order valence-electron chi connectivity index (χ0n) is 13.3. The maximum absolute atomic E-state index is 4.42. The van der Waals surface area contributed by atoms with Crippen LogP contribution in [0.15, 0.2) is 67.3 Å². The lowest BCUT2D eigenvalue weighted by Crippen LogP contribution is -2.08. The van der Waals surface area contributed by atoms with E-state index in [-0.39, 0.29) is 6.04 Å². The second-order valence-electron chi connectivity index (χ2n) is 5.68. The summed E-state index contributed by atoms with van der Waals surface area (Å²) in [7, 11) is 0. The Hall–Kier alpha value is -3.21. The smallest absolute Gasteiger partial charge is 0.143 e. The molecule has 3 heterocycles. The lowest BCUT2D eigenvalue weighted by atomic mass is 10.1. The van der Waals surface area contributed by atoms with Crippen molar-refractivity contribution < 1.29 is 0 Å². The number of H-pyrrole nitrogens is 1. The molecule has 0 aliphatic carbocycles. The van der Waals surface area contributed by atoms with Gasteiger partial charge in [0.05, 0.1) is 5.39 Å². The summed E-state index contributed by atoms with van der Waals surface area (Å²) in [4.78, 5) is 16.2. The van der Waals surface area contributed by atoms with Gasteiger partial charge in [-0.25, -0.2) is 9.97 Å². The number of aromatic amines is 1. The van der Waals surface area contributed by atoms with Gasteiger partial charge in [0.2, 0.25) is 0 Å². The highest BCUT2D eigenvalue weighted by molar-refractivity contribution is 5.91. The largest absolute Gasteiger partial charge is 0.363 e. The third-order valence-electron chi connectivity index (χ3n) is 4.07. The molecule has 0 aliphatic heterocycles. The second kappa shape index (κ2) is 6.12. The van der Waals surface area contributed by atoms with Crippen LogP contribution in [0.3, 0.4) is 0 Å². The summed E-state index contributed by atoms with van der Waals surface area (Å²) in [5, 5.41) is 4.46. The van der Waals surface area contributed by atoms with Crippen LogP contribution in [0.5, 0.6) is 0 Å². The van der Waals surface area contributed by atoms with Gasteiger partial charge in [0.25, 0.3) is 0 Å². The predicted octanol–water partition coefficient (Wildman–Crippen LogP) is 4.19. The third kappa shape index (κ3) is 2.72. The normalized spacial score (nSPS) is 12.2. The Morgan fingerprint density at radius 2 is 1.79 bits per heavy atom. The predicted molar refractivity (Wildman–Crippen MR) is 95.6 cm³/mol. The number of benzene rings is 1. The van der Waals surface area contributed by atoms with E-state index in [1.54, 1.807) is 18.7 Å². The van der Waals surface area contributed by atoms with E-state index in [9.17, 15) is 0 Å². The highest BCUT2D eigenvalue weighted by atomic mass is 15.1. The Kier molecular flexibility index (Phi) is 3.67. The van der Waals surface area contributed by atoms with E-state index < -0.39 is 0 Å². The Morgan fingerprint density at radius 3 is 2.58 bits per heavy atom. The average molecular weight is 315 g/mol. The Balaban J connectivity index is 1.70. The van der Waals surface area contributed by atoms with Crippen LogP contribution in [-0.2, 0) is 0 Å². The fourth-order valence-corrected chi connectivity index (χ4v) is 2.77. The summed E-state index contributed by atoms with van der Waals surface area (Å²) in [6, 6.07) is 16.5. The molecule has 0 unspecified atom stereocenters. The number of anilines is 1. The molecule has 0 spiro atoms. The van der Waals surface area contributed by atoms with E-state index in [4.69, 9.17) is 0 Å². The fourth-order valence-electron chi connectivity index (χ4n) is 2.77. The van der Waals surface area contributed by atoms with Crippen LogP contribution in [0.1, 0.15) is 18.5 Å². The molecular weight excluding hydrogens is 298 g/mol. The van der Waals surface area contributed by atoms with E-state index in [2.05, 4.69) is 50.4 Å². The van der Waals surface area contributed by atoms with Gasteiger partial charge in [0.1, 0.15) is 17.8 Å². The molecular formula is C19H17N5. The van der Waals surface area contributed by atoms with Crippen molar-refractivity contribution in [2.75, 3.05) is 5.32 Å². The van der Waals surface area contributed by atoms with Gasteiger partial charge in [-0.2, -0.15) is 0 Å². The standard InChI is InChI=1S/C19H17N5/c1-13(14-5-3-2-4-6-14)23-18-16-11-17(15-7-9-20-10-8-15)24-19(16)22-12-21-18/h2-13H,1H3,(H2,21,22,23,24)/t13-/m1/s1. The van der Waals surface area contributed by atoms with Gasteiger partial charge in [0, 0.05) is 29.7 Å². The molecule has 1 atom stereocenters. The quantitative estimate of drug-likeness (QED) is 0.592. The van der Waals surface area contributed by atoms with Crippen LogP contribution in [0, 0.1) is 0 Å². The number of pyridine rings is 1. The van der Waals surface area contributed by atoms with Crippen molar-refractivity contribution >= 4 is 16.9 Å². The van der Waals surface area contributed by atoms with Gasteiger partial charge < -0.3 is 10.3 Å². The van der Waals surface area contributed by atoms with Crippen molar-refractivity contribution in [3.63, 3.8) is 0 Å². The molecule has 118 valence electrons. The lowest BCUT2D eigenvalue weighted by molar-refractivity contribution is 0.876. The molecule has 5 heteroatoms. The van der Waals surface area contributed by atoms with E-state index in [1.165, 1.54) is 5.56 Å². The lowest BCUT2D eigenvalue weighted by Gasteiger charge is -2.15. The molecule has 4 rings (SSSR count).